The highest BCUT2D eigenvalue weighted by Crippen LogP contribution is 2.27. The monoisotopic (exact) mass is 315 g/mol. The van der Waals surface area contributed by atoms with Crippen LogP contribution in [0.1, 0.15) is 18.9 Å². The molecule has 2 amide bonds. The number of benzene rings is 1. The Morgan fingerprint density at radius 1 is 1.36 bits per heavy atom. The van der Waals surface area contributed by atoms with Gasteiger partial charge in [-0.15, -0.1) is 0 Å². The molecule has 4 nitrogen and oxygen atoms in total. The average molecular weight is 315 g/mol. The fraction of sp³-hybridized carbons (Fsp3) is 0.533. The van der Waals surface area contributed by atoms with Gasteiger partial charge >= 0.3 is 6.03 Å². The Bertz CT molecular complexity index is 507. The van der Waals surface area contributed by atoms with Crippen LogP contribution in [-0.4, -0.2) is 43.2 Å². The average Bonchev–Trinajstić information content (AvgIpc) is 2.93. The minimum atomic E-state index is -3.24. The van der Waals surface area contributed by atoms with Crippen LogP contribution in [0.3, 0.4) is 0 Å². The Hall–Kier alpha value is -1.76. The van der Waals surface area contributed by atoms with Gasteiger partial charge in [-0.3, -0.25) is 0 Å². The molecule has 122 valence electrons. The fourth-order valence-electron chi connectivity index (χ4n) is 2.46. The number of amides is 2. The smallest absolute Gasteiger partial charge is 0.315 e. The molecule has 0 aromatic heterocycles. The van der Waals surface area contributed by atoms with E-state index in [1.165, 1.54) is 0 Å². The molecule has 2 N–H and O–H groups in total. The Labute approximate surface area is 127 Å². The third-order valence-corrected chi connectivity index (χ3v) is 3.79. The molecule has 1 heterocycles. The summed E-state index contributed by atoms with van der Waals surface area (Å²) in [5.74, 6) is -3.82. The largest absolute Gasteiger partial charge is 0.334 e. The van der Waals surface area contributed by atoms with E-state index in [4.69, 9.17) is 0 Å². The van der Waals surface area contributed by atoms with E-state index >= 15 is 0 Å². The maximum absolute atomic E-state index is 13.9. The standard InChI is InChI=1S/C15H20F3N3O/c1-2-21-8-7-13(9-21)20-14(22)19-10-15(17,18)11-3-5-12(16)6-4-11/h3-6,13H,2,7-10H2,1H3,(H2,19,20,22). The molecule has 1 aliphatic heterocycles. The molecule has 1 aromatic carbocycles. The van der Waals surface area contributed by atoms with Crippen LogP contribution < -0.4 is 10.6 Å². The first-order chi connectivity index (χ1) is 10.4. The molecule has 0 radical (unpaired) electrons. The predicted octanol–water partition coefficient (Wildman–Crippen LogP) is 2.31. The molecule has 1 aliphatic rings. The van der Waals surface area contributed by atoms with Gasteiger partial charge in [0.05, 0.1) is 6.54 Å². The number of alkyl halides is 2. The lowest BCUT2D eigenvalue weighted by Gasteiger charge is -2.19. The minimum Gasteiger partial charge on any atom is -0.334 e. The quantitative estimate of drug-likeness (QED) is 0.876. The predicted molar refractivity (Wildman–Crippen MR) is 77.3 cm³/mol. The van der Waals surface area contributed by atoms with Gasteiger partial charge in [0, 0.05) is 24.7 Å². The van der Waals surface area contributed by atoms with Gasteiger partial charge in [0.25, 0.3) is 5.92 Å². The van der Waals surface area contributed by atoms with Crippen LogP contribution in [0.25, 0.3) is 0 Å². The van der Waals surface area contributed by atoms with Gasteiger partial charge in [0.15, 0.2) is 0 Å². The van der Waals surface area contributed by atoms with Crippen LogP contribution in [0.5, 0.6) is 0 Å². The van der Waals surface area contributed by atoms with E-state index in [-0.39, 0.29) is 11.6 Å². The first-order valence-corrected chi connectivity index (χ1v) is 7.31. The van der Waals surface area contributed by atoms with E-state index in [0.29, 0.717) is 0 Å². The van der Waals surface area contributed by atoms with Crippen LogP contribution in [0.15, 0.2) is 24.3 Å². The van der Waals surface area contributed by atoms with Crippen LogP contribution in [0.4, 0.5) is 18.0 Å². The summed E-state index contributed by atoms with van der Waals surface area (Å²) in [6.45, 7) is 3.74. The van der Waals surface area contributed by atoms with Crippen molar-refractivity contribution in [2.75, 3.05) is 26.2 Å². The van der Waals surface area contributed by atoms with E-state index in [2.05, 4.69) is 15.5 Å². The molecular weight excluding hydrogens is 295 g/mol. The molecule has 22 heavy (non-hydrogen) atoms. The second-order valence-corrected chi connectivity index (χ2v) is 5.42. The van der Waals surface area contributed by atoms with Gasteiger partial charge in [0.1, 0.15) is 5.82 Å². The van der Waals surface area contributed by atoms with Crippen molar-refractivity contribution < 1.29 is 18.0 Å². The van der Waals surface area contributed by atoms with E-state index < -0.39 is 24.3 Å². The van der Waals surface area contributed by atoms with Crippen molar-refractivity contribution in [3.63, 3.8) is 0 Å². The molecule has 0 bridgehead atoms. The third-order valence-electron chi connectivity index (χ3n) is 3.79. The number of nitrogens with zero attached hydrogens (tertiary/aromatic N) is 1. The van der Waals surface area contributed by atoms with Gasteiger partial charge in [-0.2, -0.15) is 8.78 Å². The number of carbonyl (C=O) groups is 1. The Morgan fingerprint density at radius 2 is 2.05 bits per heavy atom. The zero-order valence-corrected chi connectivity index (χ0v) is 12.4. The molecule has 1 fully saturated rings. The summed E-state index contributed by atoms with van der Waals surface area (Å²) in [6.07, 6.45) is 0.815. The molecule has 2 rings (SSSR count). The van der Waals surface area contributed by atoms with Gasteiger partial charge < -0.3 is 15.5 Å². The highest BCUT2D eigenvalue weighted by Gasteiger charge is 2.32. The molecule has 1 saturated heterocycles. The third kappa shape index (κ3) is 4.37. The van der Waals surface area contributed by atoms with Crippen molar-refractivity contribution in [2.24, 2.45) is 0 Å². The van der Waals surface area contributed by atoms with Crippen molar-refractivity contribution in [1.82, 2.24) is 15.5 Å². The molecule has 1 aromatic rings. The molecule has 7 heteroatoms. The minimum absolute atomic E-state index is 0.0145. The number of urea groups is 1. The molecule has 0 aliphatic carbocycles. The first kappa shape index (κ1) is 16.6. The van der Waals surface area contributed by atoms with Gasteiger partial charge in [0.2, 0.25) is 0 Å². The number of carbonyl (C=O) groups excluding carboxylic acids is 1. The lowest BCUT2D eigenvalue weighted by Crippen LogP contribution is -2.46. The number of halogens is 3. The number of likely N-dealkylation sites (N-methyl/N-ethyl adjacent to an activating group) is 1. The SMILES string of the molecule is CCN1CCC(NC(=O)NCC(F)(F)c2ccc(F)cc2)C1. The van der Waals surface area contributed by atoms with Crippen molar-refractivity contribution >= 4 is 6.03 Å². The normalized spacial score (nSPS) is 19.2. The summed E-state index contributed by atoms with van der Waals surface area (Å²) in [5.41, 5.74) is -0.327. The maximum atomic E-state index is 13.9. The van der Waals surface area contributed by atoms with E-state index in [1.807, 2.05) is 6.92 Å². The van der Waals surface area contributed by atoms with Crippen molar-refractivity contribution in [1.29, 1.82) is 0 Å². The highest BCUT2D eigenvalue weighted by atomic mass is 19.3. The van der Waals surface area contributed by atoms with Gasteiger partial charge in [-0.05, 0) is 25.1 Å². The second-order valence-electron chi connectivity index (χ2n) is 5.42. The van der Waals surface area contributed by atoms with Gasteiger partial charge in [-0.1, -0.05) is 19.1 Å². The molecule has 1 unspecified atom stereocenters. The van der Waals surface area contributed by atoms with Gasteiger partial charge in [-0.25, -0.2) is 9.18 Å². The van der Waals surface area contributed by atoms with Crippen LogP contribution in [0, 0.1) is 5.82 Å². The second kappa shape index (κ2) is 7.00. The number of likely N-dealkylation sites (tertiary alicyclic amines) is 1. The van der Waals surface area contributed by atoms with Crippen LogP contribution >= 0.6 is 0 Å². The van der Waals surface area contributed by atoms with Crippen LogP contribution in [-0.2, 0) is 5.92 Å². The van der Waals surface area contributed by atoms with Crippen molar-refractivity contribution in [2.45, 2.75) is 25.3 Å². The summed E-state index contributed by atoms with van der Waals surface area (Å²) in [7, 11) is 0. The maximum Gasteiger partial charge on any atom is 0.315 e. The molecule has 0 spiro atoms. The summed E-state index contributed by atoms with van der Waals surface area (Å²) in [6, 6.07) is 3.36. The zero-order valence-electron chi connectivity index (χ0n) is 12.4. The number of hydrogen-bond acceptors (Lipinski definition) is 2. The lowest BCUT2D eigenvalue weighted by molar-refractivity contribution is -0.000607. The summed E-state index contributed by atoms with van der Waals surface area (Å²) in [5, 5.41) is 4.87. The molecule has 1 atom stereocenters. The van der Waals surface area contributed by atoms with Crippen molar-refractivity contribution in [3.05, 3.63) is 35.6 Å². The lowest BCUT2D eigenvalue weighted by atomic mass is 10.1. The van der Waals surface area contributed by atoms with E-state index in [0.717, 1.165) is 50.3 Å². The fourth-order valence-corrected chi connectivity index (χ4v) is 2.46. The summed E-state index contributed by atoms with van der Waals surface area (Å²) in [4.78, 5) is 13.9. The summed E-state index contributed by atoms with van der Waals surface area (Å²) >= 11 is 0. The van der Waals surface area contributed by atoms with E-state index in [9.17, 15) is 18.0 Å². The first-order valence-electron chi connectivity index (χ1n) is 7.31. The molecule has 0 saturated carbocycles. The molecular formula is C15H20F3N3O. The Kier molecular flexibility index (Phi) is 5.28. The number of rotatable bonds is 5. The number of nitrogens with one attached hydrogen (secondary N) is 2. The Balaban J connectivity index is 1.81. The topological polar surface area (TPSA) is 44.4 Å². The number of hydrogen-bond donors (Lipinski definition) is 2. The van der Waals surface area contributed by atoms with E-state index in [1.54, 1.807) is 0 Å². The summed E-state index contributed by atoms with van der Waals surface area (Å²) < 4.78 is 40.6. The van der Waals surface area contributed by atoms with Crippen LogP contribution in [0.2, 0.25) is 0 Å². The zero-order chi connectivity index (χ0) is 16.2. The Morgan fingerprint density at radius 3 is 2.64 bits per heavy atom. The van der Waals surface area contributed by atoms with Crippen molar-refractivity contribution in [3.8, 4) is 0 Å². The highest BCUT2D eigenvalue weighted by molar-refractivity contribution is 5.74.